The first kappa shape index (κ1) is 9.99. The highest BCUT2D eigenvalue weighted by molar-refractivity contribution is 6.16. The molecule has 1 aromatic heterocycles. The molecule has 0 unspecified atom stereocenters. The number of halogens is 1. The molecule has 0 spiro atoms. The molecule has 0 amide bonds. The van der Waals surface area contributed by atoms with Crippen molar-refractivity contribution in [3.8, 4) is 0 Å². The predicted octanol–water partition coefficient (Wildman–Crippen LogP) is 2.05. The lowest BCUT2D eigenvalue weighted by Crippen LogP contribution is -2.08. The van der Waals surface area contributed by atoms with Crippen LogP contribution in [0.2, 0.25) is 0 Å². The molecular formula is C10H15ClN2O. The number of hydrogen-bond acceptors (Lipinski definition) is 2. The number of aromatic nitrogens is 2. The van der Waals surface area contributed by atoms with Crippen molar-refractivity contribution in [3.05, 3.63) is 18.2 Å². The second-order valence-electron chi connectivity index (χ2n) is 3.73. The molecule has 0 saturated heterocycles. The zero-order chi connectivity index (χ0) is 9.80. The van der Waals surface area contributed by atoms with Crippen LogP contribution in [0.5, 0.6) is 0 Å². The second-order valence-corrected chi connectivity index (χ2v) is 4.00. The zero-order valence-electron chi connectivity index (χ0n) is 8.16. The van der Waals surface area contributed by atoms with Gasteiger partial charge in [0.2, 0.25) is 0 Å². The highest BCUT2D eigenvalue weighted by atomic mass is 35.5. The molecule has 0 atom stereocenters. The summed E-state index contributed by atoms with van der Waals surface area (Å²) < 4.78 is 7.58. The monoisotopic (exact) mass is 214 g/mol. The fourth-order valence-corrected chi connectivity index (χ4v) is 1.58. The third-order valence-electron chi connectivity index (χ3n) is 2.46. The van der Waals surface area contributed by atoms with E-state index in [1.54, 1.807) is 12.5 Å². The van der Waals surface area contributed by atoms with Gasteiger partial charge in [0.15, 0.2) is 0 Å². The van der Waals surface area contributed by atoms with Crippen LogP contribution < -0.4 is 0 Å². The molecule has 1 aliphatic carbocycles. The summed E-state index contributed by atoms with van der Waals surface area (Å²) in [6, 6.07) is 0. The summed E-state index contributed by atoms with van der Waals surface area (Å²) in [7, 11) is 0. The Kier molecular flexibility index (Phi) is 3.43. The van der Waals surface area contributed by atoms with Gasteiger partial charge in [0.05, 0.1) is 24.5 Å². The van der Waals surface area contributed by atoms with E-state index in [-0.39, 0.29) is 0 Å². The summed E-state index contributed by atoms with van der Waals surface area (Å²) in [6.07, 6.45) is 6.29. The van der Waals surface area contributed by atoms with Gasteiger partial charge in [-0.15, -0.1) is 11.6 Å². The van der Waals surface area contributed by atoms with Crippen LogP contribution in [0.15, 0.2) is 12.5 Å². The van der Waals surface area contributed by atoms with Gasteiger partial charge < -0.3 is 9.30 Å². The first-order valence-electron chi connectivity index (χ1n) is 5.03. The maximum Gasteiger partial charge on any atom is 0.0949 e. The number of ether oxygens (including phenoxy) is 1. The third-order valence-corrected chi connectivity index (χ3v) is 2.74. The smallest absolute Gasteiger partial charge is 0.0949 e. The fraction of sp³-hybridized carbons (Fsp3) is 0.700. The van der Waals surface area contributed by atoms with Gasteiger partial charge >= 0.3 is 0 Å². The van der Waals surface area contributed by atoms with Gasteiger partial charge in [-0.25, -0.2) is 4.98 Å². The minimum absolute atomic E-state index is 0.516. The van der Waals surface area contributed by atoms with Gasteiger partial charge in [-0.3, -0.25) is 0 Å². The van der Waals surface area contributed by atoms with Gasteiger partial charge in [0, 0.05) is 19.3 Å². The third kappa shape index (κ3) is 2.72. The van der Waals surface area contributed by atoms with E-state index in [0.717, 1.165) is 31.4 Å². The average molecular weight is 215 g/mol. The fourth-order valence-electron chi connectivity index (χ4n) is 1.36. The van der Waals surface area contributed by atoms with Gasteiger partial charge in [-0.1, -0.05) is 0 Å². The van der Waals surface area contributed by atoms with Crippen LogP contribution in [0.3, 0.4) is 0 Å². The van der Waals surface area contributed by atoms with Crippen molar-refractivity contribution in [1.82, 2.24) is 9.55 Å². The number of rotatable bonds is 6. The van der Waals surface area contributed by atoms with Crippen LogP contribution in [0, 0.1) is 5.92 Å². The minimum Gasteiger partial charge on any atom is -0.379 e. The lowest BCUT2D eigenvalue weighted by atomic mass is 10.5. The van der Waals surface area contributed by atoms with E-state index in [1.165, 1.54) is 12.8 Å². The Balaban J connectivity index is 1.68. The molecule has 1 aromatic rings. The van der Waals surface area contributed by atoms with Crippen LogP contribution in [0.1, 0.15) is 18.5 Å². The summed E-state index contributed by atoms with van der Waals surface area (Å²) >= 11 is 5.75. The minimum atomic E-state index is 0.516. The Bertz CT molecular complexity index is 283. The van der Waals surface area contributed by atoms with Gasteiger partial charge in [-0.2, -0.15) is 0 Å². The van der Waals surface area contributed by atoms with Crippen LogP contribution in [0.4, 0.5) is 0 Å². The van der Waals surface area contributed by atoms with E-state index in [0.29, 0.717) is 5.88 Å². The molecular weight excluding hydrogens is 200 g/mol. The Hall–Kier alpha value is -0.540. The Morgan fingerprint density at radius 2 is 2.43 bits per heavy atom. The highest BCUT2D eigenvalue weighted by Gasteiger charge is 2.20. The second kappa shape index (κ2) is 4.80. The SMILES string of the molecule is ClCc1cncn1CCOCC1CC1. The first-order valence-corrected chi connectivity index (χ1v) is 5.56. The quantitative estimate of drug-likeness (QED) is 0.536. The Labute approximate surface area is 89.0 Å². The molecule has 1 aliphatic rings. The molecule has 14 heavy (non-hydrogen) atoms. The van der Waals surface area contributed by atoms with Gasteiger partial charge in [0.1, 0.15) is 0 Å². The lowest BCUT2D eigenvalue weighted by molar-refractivity contribution is 0.116. The van der Waals surface area contributed by atoms with Crippen molar-refractivity contribution < 1.29 is 4.74 Å². The zero-order valence-corrected chi connectivity index (χ0v) is 8.91. The standard InChI is InChI=1S/C10H15ClN2O/c11-5-10-6-12-8-13(10)3-4-14-7-9-1-2-9/h6,8-9H,1-5,7H2. The molecule has 4 heteroatoms. The normalized spacial score (nSPS) is 16.1. The predicted molar refractivity (Wildman–Crippen MR) is 55.3 cm³/mol. The van der Waals surface area contributed by atoms with Crippen molar-refractivity contribution in [2.75, 3.05) is 13.2 Å². The van der Waals surface area contributed by atoms with Crippen molar-refractivity contribution >= 4 is 11.6 Å². The topological polar surface area (TPSA) is 27.1 Å². The van der Waals surface area contributed by atoms with E-state index in [1.807, 2.05) is 4.57 Å². The molecule has 0 N–H and O–H groups in total. The van der Waals surface area contributed by atoms with Crippen LogP contribution >= 0.6 is 11.6 Å². The maximum absolute atomic E-state index is 5.75. The van der Waals surface area contributed by atoms with Crippen molar-refractivity contribution in [3.63, 3.8) is 0 Å². The van der Waals surface area contributed by atoms with Crippen LogP contribution in [-0.2, 0) is 17.2 Å². The average Bonchev–Trinajstić information content (AvgIpc) is 2.91. The lowest BCUT2D eigenvalue weighted by Gasteiger charge is -2.06. The van der Waals surface area contributed by atoms with E-state index < -0.39 is 0 Å². The molecule has 0 bridgehead atoms. The largest absolute Gasteiger partial charge is 0.379 e. The van der Waals surface area contributed by atoms with Crippen LogP contribution in [0.25, 0.3) is 0 Å². The number of hydrogen-bond donors (Lipinski definition) is 0. The maximum atomic E-state index is 5.75. The molecule has 78 valence electrons. The number of imidazole rings is 1. The van der Waals surface area contributed by atoms with E-state index in [4.69, 9.17) is 16.3 Å². The summed E-state index contributed by atoms with van der Waals surface area (Å²) in [5, 5.41) is 0. The molecule has 0 aromatic carbocycles. The van der Waals surface area contributed by atoms with Gasteiger partial charge in [0.25, 0.3) is 0 Å². The first-order chi connectivity index (χ1) is 6.90. The molecule has 0 aliphatic heterocycles. The number of nitrogens with zero attached hydrogens (tertiary/aromatic N) is 2. The van der Waals surface area contributed by atoms with E-state index >= 15 is 0 Å². The van der Waals surface area contributed by atoms with Crippen LogP contribution in [-0.4, -0.2) is 22.8 Å². The molecule has 1 fully saturated rings. The summed E-state index contributed by atoms with van der Waals surface area (Å²) in [4.78, 5) is 4.04. The van der Waals surface area contributed by atoms with Gasteiger partial charge in [-0.05, 0) is 18.8 Å². The molecule has 1 saturated carbocycles. The summed E-state index contributed by atoms with van der Waals surface area (Å²) in [6.45, 7) is 2.54. The van der Waals surface area contributed by atoms with Crippen molar-refractivity contribution in [2.45, 2.75) is 25.3 Å². The Morgan fingerprint density at radius 1 is 1.57 bits per heavy atom. The summed E-state index contributed by atoms with van der Waals surface area (Å²) in [5.41, 5.74) is 1.06. The molecule has 0 radical (unpaired) electrons. The number of alkyl halides is 1. The molecule has 1 heterocycles. The van der Waals surface area contributed by atoms with E-state index in [2.05, 4.69) is 4.98 Å². The van der Waals surface area contributed by atoms with Crippen molar-refractivity contribution in [2.24, 2.45) is 5.92 Å². The molecule has 2 rings (SSSR count). The highest BCUT2D eigenvalue weighted by Crippen LogP contribution is 2.28. The van der Waals surface area contributed by atoms with Crippen molar-refractivity contribution in [1.29, 1.82) is 0 Å². The molecule has 3 nitrogen and oxygen atoms in total. The summed E-state index contributed by atoms with van der Waals surface area (Å²) in [5.74, 6) is 1.35. The Morgan fingerprint density at radius 3 is 3.14 bits per heavy atom. The van der Waals surface area contributed by atoms with E-state index in [9.17, 15) is 0 Å².